The number of rotatable bonds is 13. The van der Waals surface area contributed by atoms with Crippen LogP contribution in [0.4, 0.5) is 13.2 Å². The summed E-state index contributed by atoms with van der Waals surface area (Å²) in [5.74, 6) is -4.15. The highest BCUT2D eigenvalue weighted by molar-refractivity contribution is 7.98. The van der Waals surface area contributed by atoms with Gasteiger partial charge in [-0.25, -0.2) is 4.79 Å². The number of likely N-dealkylation sites (N-methyl/N-ethyl adjacent to an activating group) is 1. The van der Waals surface area contributed by atoms with Crippen molar-refractivity contribution in [2.24, 2.45) is 17.2 Å². The van der Waals surface area contributed by atoms with Crippen molar-refractivity contribution in [1.29, 1.82) is 0 Å². The second-order valence-electron chi connectivity index (χ2n) is 7.62. The van der Waals surface area contributed by atoms with E-state index in [0.29, 0.717) is 19.4 Å². The summed E-state index contributed by atoms with van der Waals surface area (Å²) in [5.41, 5.74) is 16.1. The number of alkyl halides is 3. The maximum atomic E-state index is 11.6. The lowest BCUT2D eigenvalue weighted by Crippen LogP contribution is -2.32. The summed E-state index contributed by atoms with van der Waals surface area (Å²) in [5, 5.41) is 24.4. The van der Waals surface area contributed by atoms with Gasteiger partial charge in [0.1, 0.15) is 18.7 Å². The van der Waals surface area contributed by atoms with Crippen molar-refractivity contribution in [3.05, 3.63) is 35.9 Å². The van der Waals surface area contributed by atoms with Crippen LogP contribution in [0.5, 0.6) is 0 Å². The number of carboxylic acid groups (broad SMARTS) is 3. The van der Waals surface area contributed by atoms with Crippen LogP contribution >= 0.6 is 11.8 Å². The first kappa shape index (κ1) is 41.6. The number of aliphatic carboxylic acids is 3. The van der Waals surface area contributed by atoms with Crippen LogP contribution in [-0.2, 0) is 30.3 Å². The molecule has 1 rings (SSSR count). The number of hydrogen-bond acceptors (Lipinski definition) is 10. The highest BCUT2D eigenvalue weighted by atomic mass is 32.2. The van der Waals surface area contributed by atoms with Crippen molar-refractivity contribution in [1.82, 2.24) is 4.90 Å². The molecule has 0 radical (unpaired) electrons. The number of hydrogen-bond donors (Lipinski definition) is 6. The molecule has 40 heavy (non-hydrogen) atoms. The van der Waals surface area contributed by atoms with Gasteiger partial charge in [0.15, 0.2) is 0 Å². The Balaban J connectivity index is -0.000000481. The molecule has 0 saturated carbocycles. The van der Waals surface area contributed by atoms with Gasteiger partial charge in [-0.2, -0.15) is 24.9 Å². The number of nitrogens with two attached hydrogens (primary N) is 3. The summed E-state index contributed by atoms with van der Waals surface area (Å²) in [6.07, 6.45) is -2.02. The van der Waals surface area contributed by atoms with Crippen LogP contribution in [0, 0.1) is 0 Å². The molecule has 0 aliphatic rings. The summed E-state index contributed by atoms with van der Waals surface area (Å²) in [6.45, 7) is 5.04. The monoisotopic (exact) mass is 602 g/mol. The van der Waals surface area contributed by atoms with E-state index in [9.17, 15) is 32.3 Å². The fourth-order valence-corrected chi connectivity index (χ4v) is 2.70. The number of nitrogens with zero attached hydrogens (tertiary/aromatic N) is 1. The number of halogens is 3. The lowest BCUT2D eigenvalue weighted by atomic mass is 10.1. The fourth-order valence-electron chi connectivity index (χ4n) is 2.21. The summed E-state index contributed by atoms with van der Waals surface area (Å²) in [7, 11) is 0. The van der Waals surface area contributed by atoms with Gasteiger partial charge in [-0.3, -0.25) is 14.4 Å². The molecule has 0 fully saturated rings. The molecular formula is C24H41F3N4O8S. The maximum Gasteiger partial charge on any atom is 0.490 e. The van der Waals surface area contributed by atoms with E-state index < -0.39 is 42.1 Å². The third kappa shape index (κ3) is 26.7. The van der Waals surface area contributed by atoms with Gasteiger partial charge in [-0.15, -0.1) is 0 Å². The molecule has 1 aromatic carbocycles. The Hall–Kier alpha value is -2.92. The van der Waals surface area contributed by atoms with Crippen LogP contribution in [0.25, 0.3) is 0 Å². The minimum Gasteiger partial charge on any atom is -0.480 e. The number of carbonyl (C=O) groups is 4. The Bertz CT molecular complexity index is 832. The molecule has 0 heterocycles. The second kappa shape index (κ2) is 25.1. The molecule has 0 aliphatic carbocycles. The van der Waals surface area contributed by atoms with Gasteiger partial charge in [-0.05, 0) is 43.5 Å². The zero-order valence-corrected chi connectivity index (χ0v) is 23.6. The Kier molecular flexibility index (Phi) is 26.1. The van der Waals surface area contributed by atoms with Gasteiger partial charge in [0.25, 0.3) is 0 Å². The minimum atomic E-state index is -4.89. The average molecular weight is 603 g/mol. The average Bonchev–Trinajstić information content (AvgIpc) is 2.90. The zero-order chi connectivity index (χ0) is 31.7. The Labute approximate surface area is 236 Å². The van der Waals surface area contributed by atoms with Crippen LogP contribution in [0.2, 0.25) is 0 Å². The molecule has 0 aliphatic heterocycles. The summed E-state index contributed by atoms with van der Waals surface area (Å²) >= 11 is 1.60. The van der Waals surface area contributed by atoms with Gasteiger partial charge in [-0.1, -0.05) is 44.2 Å². The van der Waals surface area contributed by atoms with Crippen LogP contribution in [0.1, 0.15) is 25.8 Å². The van der Waals surface area contributed by atoms with E-state index in [-0.39, 0.29) is 13.2 Å². The number of carbonyl (C=O) groups excluding carboxylic acids is 1. The topological polar surface area (TPSA) is 219 Å². The maximum absolute atomic E-state index is 11.6. The van der Waals surface area contributed by atoms with Gasteiger partial charge >= 0.3 is 30.1 Å². The number of benzene rings is 1. The number of ether oxygens (including phenoxy) is 1. The molecular weight excluding hydrogens is 561 g/mol. The molecule has 0 bridgehead atoms. The van der Waals surface area contributed by atoms with E-state index >= 15 is 0 Å². The van der Waals surface area contributed by atoms with Gasteiger partial charge in [0, 0.05) is 6.54 Å². The van der Waals surface area contributed by atoms with Crippen molar-refractivity contribution in [2.75, 3.05) is 44.8 Å². The first-order valence-electron chi connectivity index (χ1n) is 11.9. The molecule has 16 heteroatoms. The quantitative estimate of drug-likeness (QED) is 0.175. The SMILES string of the molecule is CCN(CC)CCOC(=O)C(F)(F)F.CSCCC(N)C(=O)O.NC(Cc1ccccc1)C(=O)O.NCC(=O)O. The third-order valence-electron chi connectivity index (χ3n) is 4.51. The van der Waals surface area contributed by atoms with Crippen LogP contribution in [-0.4, -0.2) is 107 Å². The molecule has 0 aromatic heterocycles. The van der Waals surface area contributed by atoms with Crippen molar-refractivity contribution in [3.63, 3.8) is 0 Å². The lowest BCUT2D eigenvalue weighted by Gasteiger charge is -2.17. The number of carboxylic acids is 3. The van der Waals surface area contributed by atoms with Crippen LogP contribution < -0.4 is 17.2 Å². The van der Waals surface area contributed by atoms with Crippen LogP contribution in [0.3, 0.4) is 0 Å². The third-order valence-corrected chi connectivity index (χ3v) is 5.15. The van der Waals surface area contributed by atoms with Gasteiger partial charge in [0.2, 0.25) is 0 Å². The lowest BCUT2D eigenvalue weighted by molar-refractivity contribution is -0.199. The summed E-state index contributed by atoms with van der Waals surface area (Å²) in [4.78, 5) is 41.8. The smallest absolute Gasteiger partial charge is 0.480 e. The zero-order valence-electron chi connectivity index (χ0n) is 22.8. The second-order valence-corrected chi connectivity index (χ2v) is 8.60. The predicted molar refractivity (Wildman–Crippen MR) is 146 cm³/mol. The highest BCUT2D eigenvalue weighted by Crippen LogP contribution is 2.16. The standard InChI is InChI=1S/C9H11NO2.C8H14F3NO2.C5H11NO2S.C2H5NO2/c10-8(9(11)12)6-7-4-2-1-3-5-7;1-3-12(4-2)5-6-14-7(13)8(9,10)11;1-9-3-2-4(6)5(7)8;3-1-2(4)5/h1-5,8H,6,10H2,(H,11,12);3-6H2,1-2H3;4H,2-3,6H2,1H3,(H,7,8);1,3H2,(H,4,5). The molecule has 12 nitrogen and oxygen atoms in total. The number of thioether (sulfide) groups is 1. The fraction of sp³-hybridized carbons (Fsp3) is 0.583. The van der Waals surface area contributed by atoms with Crippen molar-refractivity contribution in [3.8, 4) is 0 Å². The highest BCUT2D eigenvalue weighted by Gasteiger charge is 2.40. The molecule has 0 amide bonds. The van der Waals surface area contributed by atoms with E-state index in [0.717, 1.165) is 24.4 Å². The molecule has 2 atom stereocenters. The largest absolute Gasteiger partial charge is 0.490 e. The molecule has 9 N–H and O–H groups in total. The van der Waals surface area contributed by atoms with E-state index in [1.807, 2.05) is 55.3 Å². The molecule has 2 unspecified atom stereocenters. The van der Waals surface area contributed by atoms with E-state index in [1.54, 1.807) is 11.8 Å². The molecule has 232 valence electrons. The van der Waals surface area contributed by atoms with Gasteiger partial charge < -0.3 is 42.2 Å². The predicted octanol–water partition coefficient (Wildman–Crippen LogP) is 1.26. The van der Waals surface area contributed by atoms with E-state index in [4.69, 9.17) is 26.8 Å². The van der Waals surface area contributed by atoms with E-state index in [2.05, 4.69) is 10.5 Å². The number of esters is 1. The Morgan fingerprint density at radius 1 is 0.975 bits per heavy atom. The van der Waals surface area contributed by atoms with E-state index in [1.165, 1.54) is 0 Å². The minimum absolute atomic E-state index is 0.222. The Morgan fingerprint density at radius 2 is 1.45 bits per heavy atom. The van der Waals surface area contributed by atoms with Crippen LogP contribution in [0.15, 0.2) is 30.3 Å². The van der Waals surface area contributed by atoms with Crippen molar-refractivity contribution < 1.29 is 52.4 Å². The first-order chi connectivity index (χ1) is 18.6. The molecule has 0 saturated heterocycles. The van der Waals surface area contributed by atoms with Crippen molar-refractivity contribution in [2.45, 2.75) is 44.9 Å². The summed E-state index contributed by atoms with van der Waals surface area (Å²) in [6, 6.07) is 7.86. The Morgan fingerprint density at radius 3 is 1.80 bits per heavy atom. The molecule has 1 aromatic rings. The normalized spacial score (nSPS) is 11.8. The first-order valence-corrected chi connectivity index (χ1v) is 13.3. The van der Waals surface area contributed by atoms with Gasteiger partial charge in [0.05, 0.1) is 6.54 Å². The van der Waals surface area contributed by atoms with Crippen molar-refractivity contribution >= 4 is 35.6 Å². The molecule has 0 spiro atoms. The summed E-state index contributed by atoms with van der Waals surface area (Å²) < 4.78 is 39.0.